The first-order valence-electron chi connectivity index (χ1n) is 4.31. The summed E-state index contributed by atoms with van der Waals surface area (Å²) in [6.07, 6.45) is 0. The SMILES string of the molecule is COCC#CCN1CCNCC1. The van der Waals surface area contributed by atoms with Crippen LogP contribution in [-0.4, -0.2) is 51.3 Å². The van der Waals surface area contributed by atoms with Gasteiger partial charge < -0.3 is 10.1 Å². The Morgan fingerprint density at radius 2 is 2.08 bits per heavy atom. The van der Waals surface area contributed by atoms with Crippen molar-refractivity contribution in [1.82, 2.24) is 10.2 Å². The van der Waals surface area contributed by atoms with E-state index in [1.165, 1.54) is 0 Å². The second kappa shape index (κ2) is 6.01. The third-order valence-electron chi connectivity index (χ3n) is 1.85. The molecule has 68 valence electrons. The highest BCUT2D eigenvalue weighted by Crippen LogP contribution is 1.89. The quantitative estimate of drug-likeness (QED) is 0.565. The molecule has 0 aromatic carbocycles. The minimum atomic E-state index is 0.548. The zero-order valence-corrected chi connectivity index (χ0v) is 7.60. The van der Waals surface area contributed by atoms with Gasteiger partial charge in [-0.3, -0.25) is 4.90 Å². The zero-order valence-electron chi connectivity index (χ0n) is 7.60. The lowest BCUT2D eigenvalue weighted by atomic mass is 10.3. The van der Waals surface area contributed by atoms with Crippen LogP contribution in [0.1, 0.15) is 0 Å². The fourth-order valence-electron chi connectivity index (χ4n) is 1.16. The molecule has 0 atom stereocenters. The van der Waals surface area contributed by atoms with Gasteiger partial charge in [0.1, 0.15) is 6.61 Å². The van der Waals surface area contributed by atoms with Crippen LogP contribution in [0.3, 0.4) is 0 Å². The fourth-order valence-corrected chi connectivity index (χ4v) is 1.16. The van der Waals surface area contributed by atoms with E-state index in [2.05, 4.69) is 22.1 Å². The summed E-state index contributed by atoms with van der Waals surface area (Å²) in [7, 11) is 1.67. The topological polar surface area (TPSA) is 24.5 Å². The van der Waals surface area contributed by atoms with Crippen molar-refractivity contribution in [2.24, 2.45) is 0 Å². The molecule has 12 heavy (non-hydrogen) atoms. The molecule has 1 fully saturated rings. The molecule has 1 heterocycles. The molecule has 0 radical (unpaired) electrons. The highest BCUT2D eigenvalue weighted by Gasteiger charge is 2.06. The summed E-state index contributed by atoms with van der Waals surface area (Å²) < 4.78 is 4.83. The maximum Gasteiger partial charge on any atom is 0.107 e. The molecular formula is C9H16N2O. The molecule has 1 N–H and O–H groups in total. The third-order valence-corrected chi connectivity index (χ3v) is 1.85. The van der Waals surface area contributed by atoms with E-state index in [9.17, 15) is 0 Å². The second-order valence-corrected chi connectivity index (χ2v) is 2.81. The van der Waals surface area contributed by atoms with Gasteiger partial charge in [0, 0.05) is 33.3 Å². The number of nitrogens with zero attached hydrogens (tertiary/aromatic N) is 1. The van der Waals surface area contributed by atoms with E-state index in [0.29, 0.717) is 6.61 Å². The number of ether oxygens (including phenoxy) is 1. The standard InChI is InChI=1S/C9H16N2O/c1-12-9-3-2-6-11-7-4-10-5-8-11/h10H,4-9H2,1H3. The average molecular weight is 168 g/mol. The molecule has 1 rings (SSSR count). The van der Waals surface area contributed by atoms with Crippen LogP contribution in [0.4, 0.5) is 0 Å². The van der Waals surface area contributed by atoms with Crippen LogP contribution < -0.4 is 5.32 Å². The summed E-state index contributed by atoms with van der Waals surface area (Å²) in [5.74, 6) is 6.03. The van der Waals surface area contributed by atoms with E-state index in [4.69, 9.17) is 4.74 Å². The first-order chi connectivity index (χ1) is 5.93. The van der Waals surface area contributed by atoms with Crippen LogP contribution in [-0.2, 0) is 4.74 Å². The van der Waals surface area contributed by atoms with Crippen molar-refractivity contribution in [3.05, 3.63) is 0 Å². The number of hydrogen-bond acceptors (Lipinski definition) is 3. The predicted molar refractivity (Wildman–Crippen MR) is 49.0 cm³/mol. The van der Waals surface area contributed by atoms with Gasteiger partial charge in [-0.15, -0.1) is 0 Å². The van der Waals surface area contributed by atoms with Crippen molar-refractivity contribution in [2.75, 3.05) is 46.4 Å². The van der Waals surface area contributed by atoms with Crippen LogP contribution in [0.5, 0.6) is 0 Å². The molecule has 0 unspecified atom stereocenters. The minimum absolute atomic E-state index is 0.548. The molecule has 3 nitrogen and oxygen atoms in total. The lowest BCUT2D eigenvalue weighted by Crippen LogP contribution is -2.43. The molecule has 0 saturated carbocycles. The van der Waals surface area contributed by atoms with Crippen LogP contribution >= 0.6 is 0 Å². The number of rotatable bonds is 2. The highest BCUT2D eigenvalue weighted by molar-refractivity contribution is 5.01. The number of hydrogen-bond donors (Lipinski definition) is 1. The summed E-state index contributed by atoms with van der Waals surface area (Å²) in [5.41, 5.74) is 0. The van der Waals surface area contributed by atoms with Gasteiger partial charge in [-0.05, 0) is 0 Å². The monoisotopic (exact) mass is 168 g/mol. The van der Waals surface area contributed by atoms with Crippen LogP contribution in [0.2, 0.25) is 0 Å². The highest BCUT2D eigenvalue weighted by atomic mass is 16.5. The van der Waals surface area contributed by atoms with Crippen LogP contribution in [0.25, 0.3) is 0 Å². The maximum atomic E-state index is 4.83. The van der Waals surface area contributed by atoms with E-state index in [1.54, 1.807) is 7.11 Å². The molecule has 3 heteroatoms. The van der Waals surface area contributed by atoms with Crippen molar-refractivity contribution in [2.45, 2.75) is 0 Å². The Morgan fingerprint density at radius 1 is 1.33 bits per heavy atom. The minimum Gasteiger partial charge on any atom is -0.372 e. The molecule has 0 bridgehead atoms. The van der Waals surface area contributed by atoms with Crippen molar-refractivity contribution in [1.29, 1.82) is 0 Å². The normalized spacial score (nSPS) is 18.4. The first kappa shape index (κ1) is 9.53. The van der Waals surface area contributed by atoms with E-state index in [-0.39, 0.29) is 0 Å². The van der Waals surface area contributed by atoms with E-state index in [0.717, 1.165) is 32.7 Å². The maximum absolute atomic E-state index is 4.83. The van der Waals surface area contributed by atoms with Crippen molar-refractivity contribution in [3.8, 4) is 11.8 Å². The average Bonchev–Trinajstić information content (AvgIpc) is 2.14. The summed E-state index contributed by atoms with van der Waals surface area (Å²) in [6.45, 7) is 5.83. The van der Waals surface area contributed by atoms with Crippen molar-refractivity contribution >= 4 is 0 Å². The molecule has 0 spiro atoms. The van der Waals surface area contributed by atoms with Crippen LogP contribution in [0.15, 0.2) is 0 Å². The van der Waals surface area contributed by atoms with E-state index in [1.807, 2.05) is 0 Å². The molecule has 1 saturated heterocycles. The van der Waals surface area contributed by atoms with E-state index < -0.39 is 0 Å². The van der Waals surface area contributed by atoms with E-state index >= 15 is 0 Å². The fraction of sp³-hybridized carbons (Fsp3) is 0.778. The largest absolute Gasteiger partial charge is 0.372 e. The van der Waals surface area contributed by atoms with Crippen molar-refractivity contribution in [3.63, 3.8) is 0 Å². The van der Waals surface area contributed by atoms with Gasteiger partial charge in [0.05, 0.1) is 6.54 Å². The molecule has 0 amide bonds. The smallest absolute Gasteiger partial charge is 0.107 e. The Labute approximate surface area is 74.1 Å². The number of piperazine rings is 1. The van der Waals surface area contributed by atoms with Gasteiger partial charge in [0.25, 0.3) is 0 Å². The number of nitrogens with one attached hydrogen (secondary N) is 1. The Balaban J connectivity index is 2.09. The first-order valence-corrected chi connectivity index (χ1v) is 4.31. The Kier molecular flexibility index (Phi) is 4.77. The molecule has 1 aliphatic rings. The van der Waals surface area contributed by atoms with Gasteiger partial charge >= 0.3 is 0 Å². The zero-order chi connectivity index (χ0) is 8.65. The molecular weight excluding hydrogens is 152 g/mol. The Morgan fingerprint density at radius 3 is 2.75 bits per heavy atom. The molecule has 1 aliphatic heterocycles. The molecule has 0 aliphatic carbocycles. The van der Waals surface area contributed by atoms with Crippen molar-refractivity contribution < 1.29 is 4.74 Å². The number of methoxy groups -OCH3 is 1. The van der Waals surface area contributed by atoms with Gasteiger partial charge in [-0.25, -0.2) is 0 Å². The summed E-state index contributed by atoms with van der Waals surface area (Å²) in [5, 5.41) is 3.30. The lowest BCUT2D eigenvalue weighted by Gasteiger charge is -2.24. The van der Waals surface area contributed by atoms with Gasteiger partial charge in [-0.1, -0.05) is 11.8 Å². The Bertz CT molecular complexity index is 165. The van der Waals surface area contributed by atoms with Gasteiger partial charge in [0.2, 0.25) is 0 Å². The molecule has 0 aromatic heterocycles. The van der Waals surface area contributed by atoms with Gasteiger partial charge in [-0.2, -0.15) is 0 Å². The molecule has 0 aromatic rings. The summed E-state index contributed by atoms with van der Waals surface area (Å²) in [6, 6.07) is 0. The van der Waals surface area contributed by atoms with Gasteiger partial charge in [0.15, 0.2) is 0 Å². The summed E-state index contributed by atoms with van der Waals surface area (Å²) >= 11 is 0. The third kappa shape index (κ3) is 3.72. The summed E-state index contributed by atoms with van der Waals surface area (Å²) in [4.78, 5) is 2.35. The second-order valence-electron chi connectivity index (χ2n) is 2.81. The lowest BCUT2D eigenvalue weighted by molar-refractivity contribution is 0.239. The Hall–Kier alpha value is -0.560. The predicted octanol–water partition coefficient (Wildman–Crippen LogP) is -0.459. The van der Waals surface area contributed by atoms with Crippen LogP contribution in [0, 0.1) is 11.8 Å².